The Labute approximate surface area is 152 Å². The van der Waals surface area contributed by atoms with E-state index in [1.807, 2.05) is 0 Å². The van der Waals surface area contributed by atoms with Crippen molar-refractivity contribution in [1.82, 2.24) is 4.90 Å². The third kappa shape index (κ3) is 2.79. The minimum Gasteiger partial charge on any atom is -0.497 e. The van der Waals surface area contributed by atoms with Crippen molar-refractivity contribution in [3.63, 3.8) is 0 Å². The summed E-state index contributed by atoms with van der Waals surface area (Å²) in [6.45, 7) is 0.315. The van der Waals surface area contributed by atoms with Gasteiger partial charge in [-0.05, 0) is 36.8 Å². The second-order valence-electron chi connectivity index (χ2n) is 7.21. The smallest absolute Gasteiger partial charge is 0.233 e. The molecule has 1 saturated heterocycles. The first kappa shape index (κ1) is 16.8. The van der Waals surface area contributed by atoms with Crippen molar-refractivity contribution in [3.8, 4) is 5.75 Å². The molecule has 4 rings (SSSR count). The Hall–Kier alpha value is -2.63. The number of amides is 3. The fourth-order valence-electron chi connectivity index (χ4n) is 4.51. The number of likely N-dealkylation sites (tertiary alicyclic amines) is 1. The summed E-state index contributed by atoms with van der Waals surface area (Å²) in [5, 5.41) is 2.81. The number of allylic oxidation sites excluding steroid dienone is 2. The van der Waals surface area contributed by atoms with E-state index in [1.165, 1.54) is 4.90 Å². The number of rotatable bonds is 6. The van der Waals surface area contributed by atoms with Gasteiger partial charge in [0, 0.05) is 24.7 Å². The molecule has 6 heteroatoms. The molecule has 3 aliphatic rings. The summed E-state index contributed by atoms with van der Waals surface area (Å²) in [7, 11) is 1.57. The topological polar surface area (TPSA) is 75.7 Å². The fraction of sp³-hybridized carbons (Fsp3) is 0.450. The molecule has 2 aliphatic carbocycles. The lowest BCUT2D eigenvalue weighted by Gasteiger charge is -2.17. The second-order valence-corrected chi connectivity index (χ2v) is 7.21. The largest absolute Gasteiger partial charge is 0.497 e. The predicted octanol–water partition coefficient (Wildman–Crippen LogP) is 2.22. The van der Waals surface area contributed by atoms with E-state index >= 15 is 0 Å². The minimum absolute atomic E-state index is 0.0509. The molecule has 0 spiro atoms. The summed E-state index contributed by atoms with van der Waals surface area (Å²) < 4.78 is 5.13. The lowest BCUT2D eigenvalue weighted by Crippen LogP contribution is -2.34. The highest BCUT2D eigenvalue weighted by Gasteiger charge is 2.58. The van der Waals surface area contributed by atoms with Crippen molar-refractivity contribution in [2.24, 2.45) is 23.7 Å². The van der Waals surface area contributed by atoms with Gasteiger partial charge in [0.25, 0.3) is 0 Å². The summed E-state index contributed by atoms with van der Waals surface area (Å²) in [5.41, 5.74) is 0.667. The molecule has 0 radical (unpaired) electrons. The van der Waals surface area contributed by atoms with E-state index in [4.69, 9.17) is 4.74 Å². The zero-order valence-electron chi connectivity index (χ0n) is 14.7. The van der Waals surface area contributed by atoms with Gasteiger partial charge in [-0.25, -0.2) is 0 Å². The number of benzene rings is 1. The third-order valence-electron chi connectivity index (χ3n) is 5.70. The van der Waals surface area contributed by atoms with Gasteiger partial charge in [-0.15, -0.1) is 0 Å². The van der Waals surface area contributed by atoms with E-state index < -0.39 is 0 Å². The van der Waals surface area contributed by atoms with Crippen molar-refractivity contribution in [3.05, 3.63) is 36.4 Å². The van der Waals surface area contributed by atoms with Gasteiger partial charge < -0.3 is 10.1 Å². The summed E-state index contributed by atoms with van der Waals surface area (Å²) in [6, 6.07) is 7.14. The average molecular weight is 354 g/mol. The van der Waals surface area contributed by atoms with Crippen LogP contribution in [-0.4, -0.2) is 36.3 Å². The van der Waals surface area contributed by atoms with Crippen molar-refractivity contribution in [1.29, 1.82) is 0 Å². The van der Waals surface area contributed by atoms with E-state index in [1.54, 1.807) is 31.4 Å². The van der Waals surface area contributed by atoms with E-state index in [0.717, 1.165) is 6.42 Å². The highest BCUT2D eigenvalue weighted by Crippen LogP contribution is 2.52. The molecule has 6 nitrogen and oxygen atoms in total. The van der Waals surface area contributed by atoms with Crippen LogP contribution in [0.2, 0.25) is 0 Å². The van der Waals surface area contributed by atoms with Crippen LogP contribution in [0.25, 0.3) is 0 Å². The normalized spacial score (nSPS) is 28.6. The Bertz CT molecular complexity index is 758. The van der Waals surface area contributed by atoms with Crippen LogP contribution in [-0.2, 0) is 14.4 Å². The van der Waals surface area contributed by atoms with Gasteiger partial charge in [0.1, 0.15) is 5.75 Å². The highest BCUT2D eigenvalue weighted by atomic mass is 16.5. The van der Waals surface area contributed by atoms with Crippen LogP contribution in [0.15, 0.2) is 36.4 Å². The number of nitrogens with zero attached hydrogens (tertiary/aromatic N) is 1. The number of carbonyl (C=O) groups excluding carboxylic acids is 3. The Morgan fingerprint density at radius 2 is 1.88 bits per heavy atom. The molecule has 26 heavy (non-hydrogen) atoms. The van der Waals surface area contributed by atoms with Crippen LogP contribution in [0, 0.1) is 23.7 Å². The highest BCUT2D eigenvalue weighted by molar-refractivity contribution is 6.06. The maximum absolute atomic E-state index is 12.6. The fourth-order valence-corrected chi connectivity index (χ4v) is 4.51. The molecule has 4 atom stereocenters. The summed E-state index contributed by atoms with van der Waals surface area (Å²) in [4.78, 5) is 38.6. The quantitative estimate of drug-likeness (QED) is 0.628. The Morgan fingerprint density at radius 3 is 2.54 bits per heavy atom. The third-order valence-corrected chi connectivity index (χ3v) is 5.70. The number of methoxy groups -OCH3 is 1. The first-order valence-corrected chi connectivity index (χ1v) is 9.06. The van der Waals surface area contributed by atoms with Gasteiger partial charge >= 0.3 is 0 Å². The molecule has 1 aliphatic heterocycles. The molecule has 1 aromatic carbocycles. The first-order chi connectivity index (χ1) is 12.6. The van der Waals surface area contributed by atoms with Gasteiger partial charge in [-0.2, -0.15) is 0 Å². The maximum Gasteiger partial charge on any atom is 0.233 e. The average Bonchev–Trinajstić information content (AvgIpc) is 3.31. The molecule has 1 heterocycles. The number of carbonyl (C=O) groups is 3. The number of imide groups is 1. The minimum atomic E-state index is -0.164. The molecule has 0 aromatic heterocycles. The van der Waals surface area contributed by atoms with Gasteiger partial charge in [-0.3, -0.25) is 19.3 Å². The molecule has 3 amide bonds. The number of nitrogens with one attached hydrogen (secondary N) is 1. The Kier molecular flexibility index (Phi) is 4.26. The molecule has 2 fully saturated rings. The van der Waals surface area contributed by atoms with Crippen molar-refractivity contribution in [2.75, 3.05) is 19.0 Å². The van der Waals surface area contributed by atoms with Gasteiger partial charge in [-0.1, -0.05) is 18.2 Å². The van der Waals surface area contributed by atoms with Gasteiger partial charge in [0.15, 0.2) is 0 Å². The molecule has 0 unspecified atom stereocenters. The molecular weight excluding hydrogens is 332 g/mol. The molecular formula is C20H22N2O4. The van der Waals surface area contributed by atoms with Crippen LogP contribution in [0.4, 0.5) is 5.69 Å². The lowest BCUT2D eigenvalue weighted by atomic mass is 9.85. The zero-order valence-corrected chi connectivity index (χ0v) is 14.7. The summed E-state index contributed by atoms with van der Waals surface area (Å²) >= 11 is 0. The van der Waals surface area contributed by atoms with E-state index in [0.29, 0.717) is 24.4 Å². The van der Waals surface area contributed by atoms with Crippen LogP contribution < -0.4 is 10.1 Å². The monoisotopic (exact) mass is 354 g/mol. The molecule has 136 valence electrons. The van der Waals surface area contributed by atoms with Gasteiger partial charge in [0.05, 0.1) is 18.9 Å². The number of ether oxygens (including phenoxy) is 1. The van der Waals surface area contributed by atoms with Crippen LogP contribution in [0.1, 0.15) is 19.3 Å². The van der Waals surface area contributed by atoms with Gasteiger partial charge in [0.2, 0.25) is 17.7 Å². The van der Waals surface area contributed by atoms with Crippen molar-refractivity contribution >= 4 is 23.4 Å². The standard InChI is InChI=1S/C20H22N2O4/c1-26-15-5-2-4-14(11-15)21-16(23)6-3-9-22-19(24)17-12-7-8-13(10-12)18(17)20(22)25/h2,4-5,7-8,11-13,17-18H,3,6,9-10H2,1H3,(H,21,23)/t12-,13-,17-,18-/m0/s1. The van der Waals surface area contributed by atoms with Crippen LogP contribution in [0.3, 0.4) is 0 Å². The summed E-state index contributed by atoms with van der Waals surface area (Å²) in [6.07, 6.45) is 5.83. The van der Waals surface area contributed by atoms with Crippen LogP contribution >= 0.6 is 0 Å². The number of hydrogen-bond acceptors (Lipinski definition) is 4. The number of fused-ring (bicyclic) bond motifs is 5. The Balaban J connectivity index is 1.29. The number of hydrogen-bond donors (Lipinski definition) is 1. The lowest BCUT2D eigenvalue weighted by molar-refractivity contribution is -0.141. The van der Waals surface area contributed by atoms with Crippen molar-refractivity contribution < 1.29 is 19.1 Å². The zero-order chi connectivity index (χ0) is 18.3. The van der Waals surface area contributed by atoms with E-state index in [9.17, 15) is 14.4 Å². The van der Waals surface area contributed by atoms with Crippen LogP contribution in [0.5, 0.6) is 5.75 Å². The molecule has 1 aromatic rings. The maximum atomic E-state index is 12.6. The SMILES string of the molecule is COc1cccc(NC(=O)CCCN2C(=O)[C@@H]3[C@@H](C2=O)[C@H]2C=C[C@H]3C2)c1. The van der Waals surface area contributed by atoms with E-state index in [2.05, 4.69) is 17.5 Å². The Morgan fingerprint density at radius 1 is 1.19 bits per heavy atom. The first-order valence-electron chi connectivity index (χ1n) is 9.06. The predicted molar refractivity (Wildman–Crippen MR) is 95.3 cm³/mol. The molecule has 2 bridgehead atoms. The number of anilines is 1. The second kappa shape index (κ2) is 6.59. The molecule has 1 N–H and O–H groups in total. The van der Waals surface area contributed by atoms with Crippen molar-refractivity contribution in [2.45, 2.75) is 19.3 Å². The molecule has 1 saturated carbocycles. The summed E-state index contributed by atoms with van der Waals surface area (Å²) in [5.74, 6) is 0.553. The van der Waals surface area contributed by atoms with E-state index in [-0.39, 0.29) is 47.8 Å².